The fourth-order valence-corrected chi connectivity index (χ4v) is 4.51. The van der Waals surface area contributed by atoms with Crippen LogP contribution in [0.2, 0.25) is 0 Å². The molecule has 0 spiro atoms. The number of nitrogens with one attached hydrogen (secondary N) is 2. The summed E-state index contributed by atoms with van der Waals surface area (Å²) in [7, 11) is 0. The van der Waals surface area contributed by atoms with E-state index < -0.39 is 0 Å². The Hall–Kier alpha value is -1.11. The van der Waals surface area contributed by atoms with Crippen LogP contribution in [0.1, 0.15) is 49.4 Å². The van der Waals surface area contributed by atoms with Crippen molar-refractivity contribution >= 4 is 35.6 Å². The van der Waals surface area contributed by atoms with Crippen LogP contribution in [-0.4, -0.2) is 48.9 Å². The number of carbonyl (C=O) groups excluding carboxylic acids is 2. The van der Waals surface area contributed by atoms with Crippen molar-refractivity contribution in [2.45, 2.75) is 45.1 Å². The van der Waals surface area contributed by atoms with Gasteiger partial charge in [0.25, 0.3) is 5.91 Å². The molecule has 2 aliphatic rings. The lowest BCUT2D eigenvalue weighted by atomic mass is 9.85. The molecule has 1 aromatic heterocycles. The number of amides is 2. The van der Waals surface area contributed by atoms with Gasteiger partial charge < -0.3 is 15.5 Å². The highest BCUT2D eigenvalue weighted by atomic mass is 35.5. The van der Waals surface area contributed by atoms with E-state index in [-0.39, 0.29) is 30.3 Å². The molecule has 3 rings (SSSR count). The smallest absolute Gasteiger partial charge is 0.252 e. The Morgan fingerprint density at radius 1 is 1.35 bits per heavy atom. The Morgan fingerprint density at radius 2 is 2.12 bits per heavy atom. The first kappa shape index (κ1) is 21.2. The third kappa shape index (κ3) is 5.69. The maximum atomic E-state index is 12.6. The summed E-state index contributed by atoms with van der Waals surface area (Å²) in [5.41, 5.74) is 0.735. The van der Waals surface area contributed by atoms with Crippen molar-refractivity contribution in [2.75, 3.05) is 26.2 Å². The van der Waals surface area contributed by atoms with Crippen molar-refractivity contribution in [2.24, 2.45) is 11.8 Å². The van der Waals surface area contributed by atoms with Crippen molar-refractivity contribution in [1.82, 2.24) is 15.5 Å². The second-order valence-electron chi connectivity index (χ2n) is 7.43. The zero-order valence-electron chi connectivity index (χ0n) is 15.4. The third-order valence-electron chi connectivity index (χ3n) is 5.60. The quantitative estimate of drug-likeness (QED) is 0.800. The molecule has 2 saturated heterocycles. The van der Waals surface area contributed by atoms with Crippen LogP contribution in [0, 0.1) is 11.8 Å². The maximum Gasteiger partial charge on any atom is 0.252 e. The lowest BCUT2D eigenvalue weighted by Gasteiger charge is -2.34. The number of likely N-dealkylation sites (tertiary alicyclic amines) is 1. The summed E-state index contributed by atoms with van der Waals surface area (Å²) in [5, 5.41) is 10.3. The normalized spacial score (nSPS) is 22.3. The highest BCUT2D eigenvalue weighted by Crippen LogP contribution is 2.24. The summed E-state index contributed by atoms with van der Waals surface area (Å²) in [6.07, 6.45) is 4.80. The van der Waals surface area contributed by atoms with Crippen molar-refractivity contribution in [1.29, 1.82) is 0 Å². The molecule has 2 atom stereocenters. The predicted octanol–water partition coefficient (Wildman–Crippen LogP) is 2.92. The van der Waals surface area contributed by atoms with Crippen molar-refractivity contribution in [3.05, 3.63) is 22.4 Å². The molecular formula is C19H30ClN3O2S. The molecule has 2 unspecified atom stereocenters. The molecule has 2 N–H and O–H groups in total. The van der Waals surface area contributed by atoms with Gasteiger partial charge in [0.1, 0.15) is 0 Å². The van der Waals surface area contributed by atoms with E-state index in [1.807, 2.05) is 21.7 Å². The zero-order chi connectivity index (χ0) is 17.6. The van der Waals surface area contributed by atoms with Gasteiger partial charge >= 0.3 is 0 Å². The minimum absolute atomic E-state index is 0. The van der Waals surface area contributed by atoms with E-state index in [1.54, 1.807) is 0 Å². The Morgan fingerprint density at radius 3 is 2.73 bits per heavy atom. The molecule has 2 aliphatic heterocycles. The van der Waals surface area contributed by atoms with Gasteiger partial charge in [0.2, 0.25) is 5.91 Å². The molecule has 0 radical (unpaired) electrons. The maximum absolute atomic E-state index is 12.6. The largest absolute Gasteiger partial charge is 0.349 e. The lowest BCUT2D eigenvalue weighted by molar-refractivity contribution is -0.133. The standard InChI is InChI=1S/C19H29N3O2S.ClH/c1-14(15-3-2-7-20-12-15)11-18(23)22-8-4-17(5-9-22)21-19(24)16-6-10-25-13-16;/h6,10,13-15,17,20H,2-5,7-9,11-12H2,1H3,(H,21,24);1H. The number of nitrogens with zero attached hydrogens (tertiary/aromatic N) is 1. The van der Waals surface area contributed by atoms with Gasteiger partial charge in [0.15, 0.2) is 0 Å². The van der Waals surface area contributed by atoms with Gasteiger partial charge in [-0.25, -0.2) is 0 Å². The van der Waals surface area contributed by atoms with Crippen molar-refractivity contribution in [3.63, 3.8) is 0 Å². The average molecular weight is 400 g/mol. The van der Waals surface area contributed by atoms with Gasteiger partial charge in [-0.2, -0.15) is 11.3 Å². The Balaban J connectivity index is 0.00000243. The van der Waals surface area contributed by atoms with Gasteiger partial charge in [-0.1, -0.05) is 6.92 Å². The van der Waals surface area contributed by atoms with Gasteiger partial charge in [0, 0.05) is 36.5 Å². The summed E-state index contributed by atoms with van der Waals surface area (Å²) in [5.74, 6) is 1.35. The molecule has 146 valence electrons. The highest BCUT2D eigenvalue weighted by molar-refractivity contribution is 7.08. The summed E-state index contributed by atoms with van der Waals surface area (Å²) < 4.78 is 0. The van der Waals surface area contributed by atoms with E-state index >= 15 is 0 Å². The van der Waals surface area contributed by atoms with Gasteiger partial charge in [0.05, 0.1) is 0 Å². The van der Waals surface area contributed by atoms with Crippen LogP contribution in [0.25, 0.3) is 0 Å². The average Bonchev–Trinajstić information content (AvgIpc) is 3.18. The van der Waals surface area contributed by atoms with Crippen LogP contribution in [0.15, 0.2) is 16.8 Å². The summed E-state index contributed by atoms with van der Waals surface area (Å²) in [4.78, 5) is 26.7. The molecular weight excluding hydrogens is 370 g/mol. The van der Waals surface area contributed by atoms with E-state index in [1.165, 1.54) is 24.2 Å². The van der Waals surface area contributed by atoms with Crippen molar-refractivity contribution < 1.29 is 9.59 Å². The Bertz CT molecular complexity index is 567. The Labute approximate surface area is 166 Å². The molecule has 7 heteroatoms. The SMILES string of the molecule is CC(CC(=O)N1CCC(NC(=O)c2ccsc2)CC1)C1CCCNC1.Cl. The van der Waals surface area contributed by atoms with Crippen LogP contribution < -0.4 is 10.6 Å². The van der Waals surface area contributed by atoms with Crippen LogP contribution in [0.3, 0.4) is 0 Å². The first-order valence-corrected chi connectivity index (χ1v) is 10.4. The van der Waals surface area contributed by atoms with E-state index in [0.717, 1.165) is 44.6 Å². The molecule has 26 heavy (non-hydrogen) atoms. The fourth-order valence-electron chi connectivity index (χ4n) is 3.87. The van der Waals surface area contributed by atoms with Crippen LogP contribution in [0.5, 0.6) is 0 Å². The minimum Gasteiger partial charge on any atom is -0.349 e. The van der Waals surface area contributed by atoms with E-state index in [2.05, 4.69) is 17.6 Å². The summed E-state index contributed by atoms with van der Waals surface area (Å²) >= 11 is 1.53. The number of halogens is 1. The van der Waals surface area contributed by atoms with Crippen molar-refractivity contribution in [3.8, 4) is 0 Å². The molecule has 3 heterocycles. The van der Waals surface area contributed by atoms with E-state index in [9.17, 15) is 9.59 Å². The third-order valence-corrected chi connectivity index (χ3v) is 6.29. The monoisotopic (exact) mass is 399 g/mol. The van der Waals surface area contributed by atoms with Gasteiger partial charge in [-0.05, 0) is 62.1 Å². The minimum atomic E-state index is 0. The number of thiophene rings is 1. The Kier molecular flexibility index (Phi) is 8.38. The fraction of sp³-hybridized carbons (Fsp3) is 0.684. The first-order valence-electron chi connectivity index (χ1n) is 9.45. The second-order valence-corrected chi connectivity index (χ2v) is 8.21. The molecule has 0 aromatic carbocycles. The zero-order valence-corrected chi connectivity index (χ0v) is 17.0. The molecule has 5 nitrogen and oxygen atoms in total. The molecule has 2 fully saturated rings. The van der Waals surface area contributed by atoms with E-state index in [4.69, 9.17) is 0 Å². The lowest BCUT2D eigenvalue weighted by Crippen LogP contribution is -2.47. The van der Waals surface area contributed by atoms with E-state index in [0.29, 0.717) is 18.3 Å². The molecule has 2 amide bonds. The van der Waals surface area contributed by atoms with Gasteiger partial charge in [-0.15, -0.1) is 12.4 Å². The summed E-state index contributed by atoms with van der Waals surface area (Å²) in [6.45, 7) is 5.88. The van der Waals surface area contributed by atoms with Crippen LogP contribution in [-0.2, 0) is 4.79 Å². The molecule has 0 saturated carbocycles. The first-order chi connectivity index (χ1) is 12.1. The number of hydrogen-bond donors (Lipinski definition) is 2. The molecule has 0 bridgehead atoms. The second kappa shape index (κ2) is 10.3. The van der Waals surface area contributed by atoms with Gasteiger partial charge in [-0.3, -0.25) is 9.59 Å². The summed E-state index contributed by atoms with van der Waals surface area (Å²) in [6, 6.07) is 2.02. The topological polar surface area (TPSA) is 61.4 Å². The number of carbonyl (C=O) groups is 2. The number of piperidine rings is 2. The highest BCUT2D eigenvalue weighted by Gasteiger charge is 2.27. The molecule has 0 aliphatic carbocycles. The van der Waals surface area contributed by atoms with Crippen LogP contribution >= 0.6 is 23.7 Å². The number of rotatable bonds is 5. The van der Waals surface area contributed by atoms with Crippen LogP contribution in [0.4, 0.5) is 0 Å². The number of hydrogen-bond acceptors (Lipinski definition) is 4. The molecule has 1 aromatic rings. The predicted molar refractivity (Wildman–Crippen MR) is 108 cm³/mol.